The summed E-state index contributed by atoms with van der Waals surface area (Å²) in [5.74, 6) is 0.994. The zero-order valence-corrected chi connectivity index (χ0v) is 34.1. The second kappa shape index (κ2) is 12.2. The number of furan rings is 1. The molecule has 0 N–H and O–H groups in total. The molecule has 59 heavy (non-hydrogen) atoms. The average molecular weight is 779 g/mol. The van der Waals surface area contributed by atoms with Gasteiger partial charge in [-0.3, -0.25) is 0 Å². The summed E-state index contributed by atoms with van der Waals surface area (Å²) < 4.78 is 9.17. The maximum absolute atomic E-state index is 6.84. The summed E-state index contributed by atoms with van der Waals surface area (Å²) in [4.78, 5) is 10.6. The smallest absolute Gasteiger partial charge is 0.144 e. The van der Waals surface area contributed by atoms with E-state index >= 15 is 0 Å². The summed E-state index contributed by atoms with van der Waals surface area (Å²) >= 11 is 1.77. The van der Waals surface area contributed by atoms with Crippen molar-refractivity contribution in [3.63, 3.8) is 0 Å². The maximum atomic E-state index is 6.84. The van der Waals surface area contributed by atoms with Crippen LogP contribution in [0, 0.1) is 0 Å². The first-order valence-electron chi connectivity index (χ1n) is 21.4. The van der Waals surface area contributed by atoms with Gasteiger partial charge < -0.3 is 4.42 Å². The molecule has 0 bridgehead atoms. The van der Waals surface area contributed by atoms with Gasteiger partial charge in [-0.2, -0.15) is 0 Å². The topological polar surface area (TPSA) is 38.9 Å². The van der Waals surface area contributed by atoms with Crippen molar-refractivity contribution in [2.24, 2.45) is 0 Å². The molecule has 4 aliphatic rings. The van der Waals surface area contributed by atoms with E-state index in [9.17, 15) is 0 Å². The highest BCUT2D eigenvalue weighted by Crippen LogP contribution is 2.60. The van der Waals surface area contributed by atoms with E-state index in [0.717, 1.165) is 55.7 Å². The highest BCUT2D eigenvalue weighted by molar-refractivity contribution is 7.26. The average Bonchev–Trinajstić information content (AvgIpc) is 3.99. The second-order valence-electron chi connectivity index (χ2n) is 17.9. The Kier molecular flexibility index (Phi) is 7.01. The molecular formula is C55H42N2OS. The maximum Gasteiger partial charge on any atom is 0.144 e. The highest BCUT2D eigenvalue weighted by atomic mass is 32.1. The molecule has 284 valence electrons. The Labute approximate surface area is 347 Å². The van der Waals surface area contributed by atoms with Crippen LogP contribution in [0.15, 0.2) is 144 Å². The molecule has 1 unspecified atom stereocenters. The molecule has 0 saturated heterocycles. The van der Waals surface area contributed by atoms with Crippen molar-refractivity contribution in [2.45, 2.75) is 69.1 Å². The molecule has 4 heteroatoms. The molecule has 13 rings (SSSR count). The van der Waals surface area contributed by atoms with Gasteiger partial charge in [-0.25, -0.2) is 9.97 Å². The molecule has 3 heterocycles. The van der Waals surface area contributed by atoms with E-state index in [-0.39, 0.29) is 16.7 Å². The van der Waals surface area contributed by atoms with Crippen LogP contribution >= 0.6 is 11.3 Å². The standard InChI is InChI=1S/C55H42N2OS/c1-54(2)43-20-9-7-16-35(43)40-31-46-41(30-45(40)54)39-28-33(22-24-44(39)55(46)26-11-4-12-27-55)34-23-25-47-42(29-34)36-18-13-19-38(51(36)58-47)50-52-49(37-17-8-10-21-48(37)59-52)56-53(57-50)32-14-5-3-6-15-32/h3,5-10,13-14,16-25,28-32H,4,11-12,15,26-27H2,1-2H3. The van der Waals surface area contributed by atoms with Gasteiger partial charge in [-0.15, -0.1) is 11.3 Å². The molecule has 1 fully saturated rings. The van der Waals surface area contributed by atoms with E-state index in [2.05, 4.69) is 153 Å². The molecule has 4 aliphatic carbocycles. The van der Waals surface area contributed by atoms with Gasteiger partial charge in [0.2, 0.25) is 0 Å². The number of aromatic nitrogens is 2. The van der Waals surface area contributed by atoms with Crippen molar-refractivity contribution >= 4 is 53.6 Å². The molecule has 0 radical (unpaired) electrons. The second-order valence-corrected chi connectivity index (χ2v) is 18.9. The summed E-state index contributed by atoms with van der Waals surface area (Å²) in [5.41, 5.74) is 19.0. The van der Waals surface area contributed by atoms with Crippen LogP contribution in [0.4, 0.5) is 0 Å². The third-order valence-corrected chi connectivity index (χ3v) is 15.6. The van der Waals surface area contributed by atoms with Gasteiger partial charge >= 0.3 is 0 Å². The number of para-hydroxylation sites is 1. The Bertz CT molecular complexity index is 3330. The van der Waals surface area contributed by atoms with Crippen molar-refractivity contribution in [3.8, 4) is 44.6 Å². The minimum Gasteiger partial charge on any atom is -0.455 e. The van der Waals surface area contributed by atoms with E-state index in [1.54, 1.807) is 16.9 Å². The van der Waals surface area contributed by atoms with Gasteiger partial charge in [0.25, 0.3) is 0 Å². The summed E-state index contributed by atoms with van der Waals surface area (Å²) in [7, 11) is 0. The first kappa shape index (κ1) is 33.8. The van der Waals surface area contributed by atoms with Crippen molar-refractivity contribution in [1.29, 1.82) is 0 Å². The van der Waals surface area contributed by atoms with E-state index in [0.29, 0.717) is 0 Å². The first-order chi connectivity index (χ1) is 29.0. The molecule has 1 saturated carbocycles. The number of hydrogen-bond acceptors (Lipinski definition) is 4. The van der Waals surface area contributed by atoms with Crippen LogP contribution in [0.1, 0.15) is 86.4 Å². The van der Waals surface area contributed by atoms with E-state index in [4.69, 9.17) is 14.4 Å². The van der Waals surface area contributed by atoms with Crippen molar-refractivity contribution in [1.82, 2.24) is 9.97 Å². The van der Waals surface area contributed by atoms with Crippen molar-refractivity contribution in [3.05, 3.63) is 168 Å². The monoisotopic (exact) mass is 778 g/mol. The molecule has 1 spiro atoms. The molecule has 0 amide bonds. The van der Waals surface area contributed by atoms with Crippen LogP contribution in [-0.2, 0) is 10.8 Å². The van der Waals surface area contributed by atoms with Gasteiger partial charge in [-0.1, -0.05) is 130 Å². The predicted molar refractivity (Wildman–Crippen MR) is 246 cm³/mol. The van der Waals surface area contributed by atoms with Crippen LogP contribution in [0.25, 0.3) is 86.9 Å². The molecule has 1 atom stereocenters. The zero-order chi connectivity index (χ0) is 39.0. The number of allylic oxidation sites excluding steroid dienone is 4. The predicted octanol–water partition coefficient (Wildman–Crippen LogP) is 15.2. The number of rotatable bonds is 3. The van der Waals surface area contributed by atoms with Crippen LogP contribution in [0.2, 0.25) is 0 Å². The normalized spacial score (nSPS) is 18.2. The van der Waals surface area contributed by atoms with Crippen LogP contribution < -0.4 is 0 Å². The lowest BCUT2D eigenvalue weighted by molar-refractivity contribution is 0.353. The van der Waals surface area contributed by atoms with Crippen LogP contribution in [0.5, 0.6) is 0 Å². The fraction of sp³-hybridized carbons (Fsp3) is 0.200. The lowest BCUT2D eigenvalue weighted by Crippen LogP contribution is -2.28. The van der Waals surface area contributed by atoms with Crippen molar-refractivity contribution in [2.75, 3.05) is 0 Å². The molecule has 3 nitrogen and oxygen atoms in total. The minimum absolute atomic E-state index is 0.0341. The molecule has 3 aromatic heterocycles. The Morgan fingerprint density at radius 1 is 0.610 bits per heavy atom. The van der Waals surface area contributed by atoms with Gasteiger partial charge in [0, 0.05) is 43.2 Å². The van der Waals surface area contributed by atoms with E-state index < -0.39 is 0 Å². The fourth-order valence-electron chi connectivity index (χ4n) is 11.5. The molecule has 6 aromatic carbocycles. The summed E-state index contributed by atoms with van der Waals surface area (Å²) in [6.07, 6.45) is 15.9. The number of nitrogens with zero attached hydrogens (tertiary/aromatic N) is 2. The fourth-order valence-corrected chi connectivity index (χ4v) is 12.6. The van der Waals surface area contributed by atoms with E-state index in [1.165, 1.54) is 92.3 Å². The van der Waals surface area contributed by atoms with Crippen LogP contribution in [-0.4, -0.2) is 9.97 Å². The SMILES string of the molecule is CC1(C)c2ccccc2-c2cc3c(cc21)-c1cc(-c2ccc4oc5c(-c6nc(C7C=CC=CC7)nc7c6sc6ccccc67)cccc5c4c2)ccc1C31CCCCC1. The highest BCUT2D eigenvalue weighted by Gasteiger charge is 2.46. The van der Waals surface area contributed by atoms with E-state index in [1.807, 2.05) is 0 Å². The summed E-state index contributed by atoms with van der Waals surface area (Å²) in [6, 6.07) is 43.6. The van der Waals surface area contributed by atoms with Gasteiger partial charge in [0.15, 0.2) is 0 Å². The molecule has 0 aliphatic heterocycles. The van der Waals surface area contributed by atoms with Crippen molar-refractivity contribution < 1.29 is 4.42 Å². The summed E-state index contributed by atoms with van der Waals surface area (Å²) in [6.45, 7) is 4.81. The third kappa shape index (κ3) is 4.70. The Morgan fingerprint density at radius 2 is 1.37 bits per heavy atom. The minimum atomic E-state index is -0.0341. The Hall–Kier alpha value is -6.10. The number of thiophene rings is 1. The van der Waals surface area contributed by atoms with Gasteiger partial charge in [0.1, 0.15) is 17.0 Å². The molecule has 9 aromatic rings. The Morgan fingerprint density at radius 3 is 2.27 bits per heavy atom. The van der Waals surface area contributed by atoms with Crippen LogP contribution in [0.3, 0.4) is 0 Å². The largest absolute Gasteiger partial charge is 0.455 e. The summed E-state index contributed by atoms with van der Waals surface area (Å²) in [5, 5.41) is 3.42. The Balaban J connectivity index is 0.965. The lowest BCUT2D eigenvalue weighted by Gasteiger charge is -2.36. The number of fused-ring (bicyclic) bond motifs is 14. The third-order valence-electron chi connectivity index (χ3n) is 14.4. The van der Waals surface area contributed by atoms with Gasteiger partial charge in [0.05, 0.1) is 15.9 Å². The quantitative estimate of drug-likeness (QED) is 0.179. The zero-order valence-electron chi connectivity index (χ0n) is 33.3. The first-order valence-corrected chi connectivity index (χ1v) is 22.2. The number of benzene rings is 6. The number of hydrogen-bond donors (Lipinski definition) is 0. The molecular weight excluding hydrogens is 737 g/mol. The van der Waals surface area contributed by atoms with Gasteiger partial charge in [-0.05, 0) is 117 Å². The lowest BCUT2D eigenvalue weighted by atomic mass is 9.67.